The first-order chi connectivity index (χ1) is 20.2. The van der Waals surface area contributed by atoms with Crippen LogP contribution in [0.25, 0.3) is 0 Å². The van der Waals surface area contributed by atoms with Crippen molar-refractivity contribution in [3.05, 3.63) is 29.8 Å². The lowest BCUT2D eigenvalue weighted by molar-refractivity contribution is -0.139. The molecule has 1 aliphatic heterocycles. The van der Waals surface area contributed by atoms with E-state index in [1.807, 2.05) is 6.92 Å². The van der Waals surface area contributed by atoms with Gasteiger partial charge in [-0.1, -0.05) is 19.1 Å². The molecule has 0 unspecified atom stereocenters. The molecule has 6 N–H and O–H groups in total. The summed E-state index contributed by atoms with van der Waals surface area (Å²) in [5, 5.41) is 10.6. The molecule has 0 radical (unpaired) electrons. The molecule has 1 saturated heterocycles. The molecule has 1 heterocycles. The second-order valence-corrected chi connectivity index (χ2v) is 11.1. The third-order valence-electron chi connectivity index (χ3n) is 7.18. The van der Waals surface area contributed by atoms with E-state index in [9.17, 15) is 28.8 Å². The number of carbonyl (C=O) groups excluding carboxylic acids is 6. The molecule has 13 nitrogen and oxygen atoms in total. The van der Waals surface area contributed by atoms with Gasteiger partial charge in [0.15, 0.2) is 0 Å². The number of nitrogens with zero attached hydrogens (tertiary/aromatic N) is 2. The minimum absolute atomic E-state index is 0.0271. The molecular weight excluding hydrogens is 554 g/mol. The average Bonchev–Trinajstić information content (AvgIpc) is 3.27. The Morgan fingerprint density at radius 2 is 1.53 bits per heavy atom. The zero-order valence-electron chi connectivity index (χ0n) is 25.9. The topological polar surface area (TPSA) is 192 Å². The number of ketones is 1. The second kappa shape index (κ2) is 16.4. The predicted octanol–water partition coefficient (Wildman–Crippen LogP) is 0.665. The summed E-state index contributed by atoms with van der Waals surface area (Å²) in [7, 11) is 0. The Morgan fingerprint density at radius 1 is 0.930 bits per heavy atom. The molecule has 1 aliphatic rings. The van der Waals surface area contributed by atoms with E-state index in [1.165, 1.54) is 25.7 Å². The van der Waals surface area contributed by atoms with Crippen LogP contribution in [-0.4, -0.2) is 83.3 Å². The molecule has 43 heavy (non-hydrogen) atoms. The van der Waals surface area contributed by atoms with E-state index in [4.69, 9.17) is 5.73 Å². The summed E-state index contributed by atoms with van der Waals surface area (Å²) in [4.78, 5) is 81.0. The van der Waals surface area contributed by atoms with Crippen molar-refractivity contribution in [2.75, 3.05) is 18.4 Å². The molecule has 0 spiro atoms. The quantitative estimate of drug-likeness (QED) is 0.111. The van der Waals surface area contributed by atoms with E-state index in [0.29, 0.717) is 43.9 Å². The molecule has 5 atom stereocenters. The number of aliphatic imine (C=N–C) groups is 1. The van der Waals surface area contributed by atoms with Crippen LogP contribution in [0.15, 0.2) is 29.3 Å². The minimum atomic E-state index is -1.01. The minimum Gasteiger partial charge on any atom is -0.388 e. The third kappa shape index (κ3) is 11.1. The van der Waals surface area contributed by atoms with Crippen molar-refractivity contribution in [2.45, 2.75) is 91.4 Å². The highest BCUT2D eigenvalue weighted by Crippen LogP contribution is 2.19. The first kappa shape index (κ1) is 34.9. The highest BCUT2D eigenvalue weighted by atomic mass is 16.2. The van der Waals surface area contributed by atoms with Crippen LogP contribution in [0.2, 0.25) is 0 Å². The number of carbonyl (C=O) groups is 6. The fourth-order valence-corrected chi connectivity index (χ4v) is 4.51. The van der Waals surface area contributed by atoms with E-state index in [-0.39, 0.29) is 24.0 Å². The van der Waals surface area contributed by atoms with Gasteiger partial charge in [0.25, 0.3) is 0 Å². The van der Waals surface area contributed by atoms with Crippen LogP contribution >= 0.6 is 0 Å². The first-order valence-electron chi connectivity index (χ1n) is 14.6. The smallest absolute Gasteiger partial charge is 0.246 e. The van der Waals surface area contributed by atoms with Crippen molar-refractivity contribution in [3.63, 3.8) is 0 Å². The lowest BCUT2D eigenvalue weighted by Gasteiger charge is -2.26. The molecule has 1 aromatic rings. The van der Waals surface area contributed by atoms with Gasteiger partial charge in [-0.3, -0.25) is 33.8 Å². The molecule has 0 bridgehead atoms. The Labute approximate surface area is 252 Å². The normalized spacial score (nSPS) is 17.8. The third-order valence-corrected chi connectivity index (χ3v) is 7.18. The number of likely N-dealkylation sites (tertiary alicyclic amines) is 1. The van der Waals surface area contributed by atoms with Gasteiger partial charge in [-0.25, -0.2) is 0 Å². The average molecular weight is 600 g/mol. The highest BCUT2D eigenvalue weighted by molar-refractivity contribution is 5.99. The summed E-state index contributed by atoms with van der Waals surface area (Å²) < 4.78 is 0. The van der Waals surface area contributed by atoms with E-state index in [1.54, 1.807) is 38.1 Å². The Bertz CT molecular complexity index is 1210. The van der Waals surface area contributed by atoms with Crippen LogP contribution in [0.3, 0.4) is 0 Å². The maximum absolute atomic E-state index is 13.2. The molecule has 0 aliphatic carbocycles. The summed E-state index contributed by atoms with van der Waals surface area (Å²) in [6.07, 6.45) is 1.59. The first-order valence-corrected chi connectivity index (χ1v) is 14.6. The summed E-state index contributed by atoms with van der Waals surface area (Å²) in [5.41, 5.74) is 6.91. The lowest BCUT2D eigenvalue weighted by Crippen LogP contribution is -2.56. The van der Waals surface area contributed by atoms with Gasteiger partial charge in [0.1, 0.15) is 30.0 Å². The number of benzene rings is 1. The van der Waals surface area contributed by atoms with Crippen LogP contribution < -0.4 is 27.0 Å². The standard InChI is InChI=1S/C30H45N7O6/c1-17-13-15-37(30(17)43)21(5)28(41)33-20(4)27(40)36-25(8-7-14-32-22(6)31)29(42)34-19(3)26(39)35-24-11-9-23(10-12-24)16-18(2)38/h9-12,17,19-21,25H,7-8,13-16H2,1-6H3,(H2,31,32)(H,33,41)(H,34,42)(H,35,39)(H,36,40)/t17-,19+,20+,21+,25+/m1/s1. The van der Waals surface area contributed by atoms with E-state index in [2.05, 4.69) is 26.3 Å². The van der Waals surface area contributed by atoms with Crippen LogP contribution in [-0.2, 0) is 35.2 Å². The van der Waals surface area contributed by atoms with Gasteiger partial charge in [0, 0.05) is 31.1 Å². The Morgan fingerprint density at radius 3 is 2.09 bits per heavy atom. The van der Waals surface area contributed by atoms with Gasteiger partial charge in [-0.2, -0.15) is 0 Å². The number of nitrogens with one attached hydrogen (secondary N) is 4. The van der Waals surface area contributed by atoms with Crippen LogP contribution in [0.4, 0.5) is 5.69 Å². The van der Waals surface area contributed by atoms with E-state index >= 15 is 0 Å². The fraction of sp³-hybridized carbons (Fsp3) is 0.567. The van der Waals surface area contributed by atoms with Gasteiger partial charge in [-0.15, -0.1) is 0 Å². The van der Waals surface area contributed by atoms with Crippen molar-refractivity contribution < 1.29 is 28.8 Å². The maximum atomic E-state index is 13.2. The van der Waals surface area contributed by atoms with Gasteiger partial charge >= 0.3 is 0 Å². The van der Waals surface area contributed by atoms with Crippen LogP contribution in [0.5, 0.6) is 0 Å². The number of Topliss-reactive ketones (excluding diaryl/α,β-unsaturated/α-hetero) is 1. The molecule has 13 heteroatoms. The largest absolute Gasteiger partial charge is 0.388 e. The summed E-state index contributed by atoms with van der Waals surface area (Å²) in [5.74, 6) is -1.95. The fourth-order valence-electron chi connectivity index (χ4n) is 4.51. The molecule has 0 saturated carbocycles. The Kier molecular flexibility index (Phi) is 13.3. The molecule has 5 amide bonds. The Hall–Kier alpha value is -4.29. The number of rotatable bonds is 15. The summed E-state index contributed by atoms with van der Waals surface area (Å²) in [6, 6.07) is 3.13. The second-order valence-electron chi connectivity index (χ2n) is 11.1. The van der Waals surface area contributed by atoms with Crippen molar-refractivity contribution in [1.82, 2.24) is 20.9 Å². The van der Waals surface area contributed by atoms with Gasteiger partial charge < -0.3 is 31.9 Å². The van der Waals surface area contributed by atoms with Crippen molar-refractivity contribution >= 4 is 46.8 Å². The number of hydrogen-bond acceptors (Lipinski definition) is 7. The molecule has 1 aromatic carbocycles. The summed E-state index contributed by atoms with van der Waals surface area (Å²) >= 11 is 0. The van der Waals surface area contributed by atoms with Crippen molar-refractivity contribution in [1.29, 1.82) is 0 Å². The number of amidine groups is 1. The summed E-state index contributed by atoms with van der Waals surface area (Å²) in [6.45, 7) is 10.4. The monoisotopic (exact) mass is 599 g/mol. The number of nitrogens with two attached hydrogens (primary N) is 1. The number of amides is 5. The van der Waals surface area contributed by atoms with Gasteiger partial charge in [-0.05, 0) is 71.6 Å². The lowest BCUT2D eigenvalue weighted by atomic mass is 10.1. The zero-order valence-corrected chi connectivity index (χ0v) is 25.9. The number of hydrogen-bond donors (Lipinski definition) is 5. The highest BCUT2D eigenvalue weighted by Gasteiger charge is 2.35. The molecule has 2 rings (SSSR count). The van der Waals surface area contributed by atoms with E-state index in [0.717, 1.165) is 5.56 Å². The SMILES string of the molecule is CC(=O)Cc1ccc(NC(=O)[C@H](C)NC(=O)[C@H](CCCN=C(C)N)NC(=O)[C@H](C)NC(=O)[C@H](C)N2CC[C@@H](C)C2=O)cc1. The Balaban J connectivity index is 2.00. The predicted molar refractivity (Wildman–Crippen MR) is 163 cm³/mol. The van der Waals surface area contributed by atoms with Crippen LogP contribution in [0.1, 0.15) is 66.4 Å². The molecule has 236 valence electrons. The van der Waals surface area contributed by atoms with Gasteiger partial charge in [0.05, 0.1) is 5.84 Å². The number of anilines is 1. The molecular formula is C30H45N7O6. The van der Waals surface area contributed by atoms with Crippen molar-refractivity contribution in [2.24, 2.45) is 16.6 Å². The molecule has 1 fully saturated rings. The zero-order chi connectivity index (χ0) is 32.3. The van der Waals surface area contributed by atoms with E-state index < -0.39 is 47.8 Å². The molecule has 0 aromatic heterocycles. The van der Waals surface area contributed by atoms with Gasteiger partial charge in [0.2, 0.25) is 29.5 Å². The van der Waals surface area contributed by atoms with Crippen LogP contribution in [0, 0.1) is 5.92 Å². The van der Waals surface area contributed by atoms with Crippen molar-refractivity contribution in [3.8, 4) is 0 Å². The maximum Gasteiger partial charge on any atom is 0.246 e.